The van der Waals surface area contributed by atoms with E-state index in [1.165, 1.54) is 57.4 Å². The highest BCUT2D eigenvalue weighted by atomic mass is 16.3. The highest BCUT2D eigenvalue weighted by Gasteiger charge is 2.19. The van der Waals surface area contributed by atoms with Gasteiger partial charge in [0, 0.05) is 42.4 Å². The van der Waals surface area contributed by atoms with Crippen molar-refractivity contribution in [3.8, 4) is 17.2 Å². The van der Waals surface area contributed by atoms with E-state index in [-0.39, 0.29) is 34.4 Å². The number of carbonyl (C=O) groups excluding carboxylic acids is 2. The average Bonchev–Trinajstić information content (AvgIpc) is 3.12. The molecule has 2 aromatic carbocycles. The fourth-order valence-corrected chi connectivity index (χ4v) is 6.43. The molecule has 5 N–H and O–H groups in total. The third-order valence-corrected chi connectivity index (χ3v) is 9.56. The molecule has 0 spiro atoms. The lowest BCUT2D eigenvalue weighted by Crippen LogP contribution is -2.31. The SMILES string of the molecule is CCCCN(CCCC)CCCNC(=O)CC/C=C/c1c(CCCCC(=O)NCCCN(CCCC)CCCC)c(O)c2cccc(O)c2c1O. The van der Waals surface area contributed by atoms with Crippen molar-refractivity contribution in [2.45, 2.75) is 130 Å². The molecule has 0 atom stereocenters. The molecule has 0 bridgehead atoms. The van der Waals surface area contributed by atoms with E-state index in [1.54, 1.807) is 18.2 Å². The van der Waals surface area contributed by atoms with E-state index >= 15 is 0 Å². The Hall–Kier alpha value is -3.30. The molecule has 0 aliphatic heterocycles. The molecular formula is C42H70N4O5. The van der Waals surface area contributed by atoms with Crippen molar-refractivity contribution in [3.05, 3.63) is 35.4 Å². The molecular weight excluding hydrogens is 640 g/mol. The van der Waals surface area contributed by atoms with Crippen LogP contribution in [0.4, 0.5) is 0 Å². The average molecular weight is 711 g/mol. The Labute approximate surface area is 308 Å². The van der Waals surface area contributed by atoms with Gasteiger partial charge in [-0.2, -0.15) is 0 Å². The number of rotatable bonds is 29. The van der Waals surface area contributed by atoms with Crippen LogP contribution in [0.5, 0.6) is 17.2 Å². The van der Waals surface area contributed by atoms with E-state index < -0.39 is 0 Å². The van der Waals surface area contributed by atoms with Crippen LogP contribution < -0.4 is 10.6 Å². The van der Waals surface area contributed by atoms with Gasteiger partial charge < -0.3 is 35.8 Å². The number of fused-ring (bicyclic) bond motifs is 1. The number of phenolic OH excluding ortho intramolecular Hbond substituents is 3. The van der Waals surface area contributed by atoms with Gasteiger partial charge in [0.2, 0.25) is 11.8 Å². The number of aromatic hydroxyl groups is 3. The molecule has 0 aliphatic rings. The normalized spacial score (nSPS) is 11.7. The Kier molecular flexibility index (Phi) is 22.8. The first-order chi connectivity index (χ1) is 24.8. The molecule has 2 rings (SSSR count). The molecule has 0 aliphatic carbocycles. The zero-order chi connectivity index (χ0) is 37.3. The summed E-state index contributed by atoms with van der Waals surface area (Å²) in [5.41, 5.74) is 1.00. The van der Waals surface area contributed by atoms with Gasteiger partial charge in [0.05, 0.1) is 5.39 Å². The van der Waals surface area contributed by atoms with Gasteiger partial charge in [-0.05, 0) is 110 Å². The molecule has 0 radical (unpaired) electrons. The maximum atomic E-state index is 12.6. The molecule has 2 amide bonds. The summed E-state index contributed by atoms with van der Waals surface area (Å²) >= 11 is 0. The van der Waals surface area contributed by atoms with Crippen molar-refractivity contribution >= 4 is 28.7 Å². The minimum atomic E-state index is -0.112. The lowest BCUT2D eigenvalue weighted by molar-refractivity contribution is -0.121. The summed E-state index contributed by atoms with van der Waals surface area (Å²) in [5.74, 6) is -0.178. The quantitative estimate of drug-likeness (QED) is 0.0425. The summed E-state index contributed by atoms with van der Waals surface area (Å²) in [7, 11) is 0. The molecule has 51 heavy (non-hydrogen) atoms. The Morgan fingerprint density at radius 3 is 1.69 bits per heavy atom. The van der Waals surface area contributed by atoms with Crippen molar-refractivity contribution < 1.29 is 24.9 Å². The highest BCUT2D eigenvalue weighted by Crippen LogP contribution is 2.44. The minimum absolute atomic E-state index is 0.0136. The summed E-state index contributed by atoms with van der Waals surface area (Å²) in [6.45, 7) is 16.6. The van der Waals surface area contributed by atoms with E-state index in [9.17, 15) is 24.9 Å². The first-order valence-corrected chi connectivity index (χ1v) is 20.1. The Morgan fingerprint density at radius 2 is 1.16 bits per heavy atom. The summed E-state index contributed by atoms with van der Waals surface area (Å²) in [5, 5.41) is 39.7. The highest BCUT2D eigenvalue weighted by molar-refractivity contribution is 6.01. The number of nitrogens with zero attached hydrogens (tertiary/aromatic N) is 2. The van der Waals surface area contributed by atoms with Gasteiger partial charge in [-0.25, -0.2) is 0 Å². The summed E-state index contributed by atoms with van der Waals surface area (Å²) in [4.78, 5) is 30.1. The number of nitrogens with one attached hydrogen (secondary N) is 2. The van der Waals surface area contributed by atoms with E-state index in [4.69, 9.17) is 0 Å². The Balaban J connectivity index is 1.91. The standard InChI is InChI=1S/C42H70N4O5/c1-5-9-28-45(29-10-6-2)32-18-26-43-38(48)24-15-13-20-34-35(42(51)40-36(41(34)50)22-17-23-37(40)47)21-14-16-25-39(49)44-27-19-33-46(30-11-7-3)31-12-8-4/h14,17,21-23,47,50-51H,5-13,15-16,18-20,24-33H2,1-4H3,(H,43,48)(H,44,49)/b21-14+. The fourth-order valence-electron chi connectivity index (χ4n) is 6.43. The van der Waals surface area contributed by atoms with E-state index in [0.29, 0.717) is 68.1 Å². The van der Waals surface area contributed by atoms with Crippen LogP contribution in [-0.2, 0) is 16.0 Å². The predicted molar refractivity (Wildman–Crippen MR) is 213 cm³/mol. The number of allylic oxidation sites excluding steroid dienone is 1. The first-order valence-electron chi connectivity index (χ1n) is 20.1. The molecule has 0 saturated carbocycles. The van der Waals surface area contributed by atoms with Crippen molar-refractivity contribution in [2.24, 2.45) is 0 Å². The minimum Gasteiger partial charge on any atom is -0.507 e. The maximum absolute atomic E-state index is 12.6. The summed E-state index contributed by atoms with van der Waals surface area (Å²) < 4.78 is 0. The molecule has 0 aromatic heterocycles. The molecule has 0 fully saturated rings. The zero-order valence-electron chi connectivity index (χ0n) is 32.4. The van der Waals surface area contributed by atoms with Crippen LogP contribution in [0.2, 0.25) is 0 Å². The number of carbonyl (C=O) groups is 2. The van der Waals surface area contributed by atoms with Crippen molar-refractivity contribution in [1.82, 2.24) is 20.4 Å². The van der Waals surface area contributed by atoms with Crippen LogP contribution >= 0.6 is 0 Å². The Bertz CT molecular complexity index is 1300. The largest absolute Gasteiger partial charge is 0.507 e. The lowest BCUT2D eigenvalue weighted by Gasteiger charge is -2.21. The van der Waals surface area contributed by atoms with Crippen LogP contribution in [0, 0.1) is 0 Å². The molecule has 288 valence electrons. The van der Waals surface area contributed by atoms with E-state index in [1.807, 2.05) is 6.08 Å². The third kappa shape index (κ3) is 16.7. The van der Waals surface area contributed by atoms with Gasteiger partial charge >= 0.3 is 0 Å². The van der Waals surface area contributed by atoms with Crippen molar-refractivity contribution in [3.63, 3.8) is 0 Å². The van der Waals surface area contributed by atoms with Crippen molar-refractivity contribution in [2.75, 3.05) is 52.4 Å². The number of hydrogen-bond acceptors (Lipinski definition) is 7. The lowest BCUT2D eigenvalue weighted by atomic mass is 9.93. The fraction of sp³-hybridized carbons (Fsp3) is 0.667. The van der Waals surface area contributed by atoms with Crippen LogP contribution in [0.15, 0.2) is 24.3 Å². The maximum Gasteiger partial charge on any atom is 0.220 e. The predicted octanol–water partition coefficient (Wildman–Crippen LogP) is 8.28. The number of amides is 2. The molecule has 0 saturated heterocycles. The monoisotopic (exact) mass is 711 g/mol. The number of benzene rings is 2. The van der Waals surface area contributed by atoms with Gasteiger partial charge in [0.15, 0.2) is 0 Å². The molecule has 2 aromatic rings. The molecule has 0 unspecified atom stereocenters. The van der Waals surface area contributed by atoms with E-state index in [0.717, 1.165) is 52.1 Å². The number of unbranched alkanes of at least 4 members (excludes halogenated alkanes) is 5. The zero-order valence-corrected chi connectivity index (χ0v) is 32.4. The van der Waals surface area contributed by atoms with Crippen molar-refractivity contribution in [1.29, 1.82) is 0 Å². The summed E-state index contributed by atoms with van der Waals surface area (Å²) in [6.07, 6.45) is 17.9. The van der Waals surface area contributed by atoms with Crippen LogP contribution in [0.1, 0.15) is 135 Å². The third-order valence-electron chi connectivity index (χ3n) is 9.56. The first kappa shape index (κ1) is 43.9. The molecule has 9 nitrogen and oxygen atoms in total. The smallest absolute Gasteiger partial charge is 0.220 e. The van der Waals surface area contributed by atoms with Crippen LogP contribution in [0.3, 0.4) is 0 Å². The second-order valence-electron chi connectivity index (χ2n) is 13.9. The van der Waals surface area contributed by atoms with E-state index in [2.05, 4.69) is 48.1 Å². The van der Waals surface area contributed by atoms with Gasteiger partial charge in [-0.15, -0.1) is 0 Å². The number of phenols is 3. The second-order valence-corrected chi connectivity index (χ2v) is 13.9. The molecule has 0 heterocycles. The Morgan fingerprint density at radius 1 is 0.647 bits per heavy atom. The van der Waals surface area contributed by atoms with Crippen LogP contribution in [0.25, 0.3) is 16.8 Å². The number of hydrogen-bond donors (Lipinski definition) is 5. The van der Waals surface area contributed by atoms with Gasteiger partial charge in [0.25, 0.3) is 0 Å². The van der Waals surface area contributed by atoms with Gasteiger partial charge in [0.1, 0.15) is 17.2 Å². The molecule has 9 heteroatoms. The second kappa shape index (κ2) is 26.5. The van der Waals surface area contributed by atoms with Crippen LogP contribution in [-0.4, -0.2) is 89.3 Å². The topological polar surface area (TPSA) is 125 Å². The van der Waals surface area contributed by atoms with Gasteiger partial charge in [-0.1, -0.05) is 77.7 Å². The summed E-state index contributed by atoms with van der Waals surface area (Å²) in [6, 6.07) is 4.80. The van der Waals surface area contributed by atoms with Gasteiger partial charge in [-0.3, -0.25) is 9.59 Å².